The van der Waals surface area contributed by atoms with Crippen LogP contribution in [0.2, 0.25) is 0 Å². The topological polar surface area (TPSA) is 96.6 Å². The van der Waals surface area contributed by atoms with E-state index in [1.807, 2.05) is 0 Å². The summed E-state index contributed by atoms with van der Waals surface area (Å²) in [6.45, 7) is 0.286. The quantitative estimate of drug-likeness (QED) is 0.756. The lowest BCUT2D eigenvalue weighted by Crippen LogP contribution is -2.25. The Morgan fingerprint density at radius 3 is 2.80 bits per heavy atom. The summed E-state index contributed by atoms with van der Waals surface area (Å²) >= 11 is 2.92. The van der Waals surface area contributed by atoms with Crippen molar-refractivity contribution in [3.63, 3.8) is 0 Å². The van der Waals surface area contributed by atoms with Gasteiger partial charge in [0.1, 0.15) is 4.90 Å². The second-order valence-electron chi connectivity index (χ2n) is 4.46. The molecule has 20 heavy (non-hydrogen) atoms. The molecule has 110 valence electrons. The maximum Gasteiger partial charge on any atom is 0.371 e. The molecule has 2 rings (SSSR count). The molecule has 0 bridgehead atoms. The Balaban J connectivity index is 2.04. The van der Waals surface area contributed by atoms with E-state index in [1.165, 1.54) is 5.57 Å². The minimum Gasteiger partial charge on any atom is -0.475 e. The van der Waals surface area contributed by atoms with Gasteiger partial charge in [0.15, 0.2) is 4.67 Å². The van der Waals surface area contributed by atoms with Gasteiger partial charge in [-0.05, 0) is 41.6 Å². The predicted molar refractivity (Wildman–Crippen MR) is 75.1 cm³/mol. The van der Waals surface area contributed by atoms with E-state index in [1.54, 1.807) is 0 Å². The van der Waals surface area contributed by atoms with Crippen molar-refractivity contribution in [2.45, 2.75) is 30.6 Å². The summed E-state index contributed by atoms with van der Waals surface area (Å²) in [6, 6.07) is 0.990. The van der Waals surface area contributed by atoms with Crippen LogP contribution in [0.1, 0.15) is 36.2 Å². The lowest BCUT2D eigenvalue weighted by molar-refractivity contribution is 0.0661. The molecule has 0 fully saturated rings. The fraction of sp³-hybridized carbons (Fsp3) is 0.417. The van der Waals surface area contributed by atoms with E-state index in [2.05, 4.69) is 26.7 Å². The van der Waals surface area contributed by atoms with Gasteiger partial charge in [-0.2, -0.15) is 0 Å². The van der Waals surface area contributed by atoms with E-state index in [9.17, 15) is 13.2 Å². The summed E-state index contributed by atoms with van der Waals surface area (Å²) in [6.07, 6.45) is 5.99. The number of hydrogen-bond acceptors (Lipinski definition) is 4. The normalized spacial score (nSPS) is 15.3. The van der Waals surface area contributed by atoms with Gasteiger partial charge in [-0.15, -0.1) is 0 Å². The molecule has 0 unspecified atom stereocenters. The first-order chi connectivity index (χ1) is 9.40. The Morgan fingerprint density at radius 1 is 1.50 bits per heavy atom. The third kappa shape index (κ3) is 3.50. The van der Waals surface area contributed by atoms with Crippen LogP contribution in [0.5, 0.6) is 0 Å². The average Bonchev–Trinajstić information content (AvgIpc) is 2.98. The highest BCUT2D eigenvalue weighted by molar-refractivity contribution is 9.10. The molecule has 0 atom stereocenters. The van der Waals surface area contributed by atoms with Crippen molar-refractivity contribution in [2.75, 3.05) is 6.54 Å². The van der Waals surface area contributed by atoms with Gasteiger partial charge in [-0.1, -0.05) is 11.6 Å². The van der Waals surface area contributed by atoms with Crippen LogP contribution >= 0.6 is 15.9 Å². The number of furan rings is 1. The molecule has 0 saturated heterocycles. The molecule has 1 aromatic heterocycles. The number of hydrogen-bond donors (Lipinski definition) is 2. The molecule has 1 aliphatic rings. The lowest BCUT2D eigenvalue weighted by atomic mass is 10.2. The minimum atomic E-state index is -3.78. The molecule has 1 aromatic rings. The van der Waals surface area contributed by atoms with Gasteiger partial charge in [-0.25, -0.2) is 17.9 Å². The van der Waals surface area contributed by atoms with Gasteiger partial charge in [0.2, 0.25) is 15.8 Å². The van der Waals surface area contributed by atoms with Crippen molar-refractivity contribution in [1.29, 1.82) is 0 Å². The van der Waals surface area contributed by atoms with Gasteiger partial charge >= 0.3 is 5.97 Å². The first kappa shape index (κ1) is 15.3. The summed E-state index contributed by atoms with van der Waals surface area (Å²) in [7, 11) is -3.78. The number of carboxylic acid groups (broad SMARTS) is 1. The van der Waals surface area contributed by atoms with E-state index in [0.717, 1.165) is 25.3 Å². The first-order valence-electron chi connectivity index (χ1n) is 6.10. The zero-order valence-electron chi connectivity index (χ0n) is 10.6. The number of rotatable bonds is 6. The fourth-order valence-electron chi connectivity index (χ4n) is 2.03. The summed E-state index contributed by atoms with van der Waals surface area (Å²) < 4.78 is 31.3. The first-order valence-corrected chi connectivity index (χ1v) is 8.38. The zero-order chi connectivity index (χ0) is 14.8. The van der Waals surface area contributed by atoms with E-state index in [4.69, 9.17) is 9.52 Å². The van der Waals surface area contributed by atoms with Crippen LogP contribution in [0.4, 0.5) is 0 Å². The van der Waals surface area contributed by atoms with Crippen molar-refractivity contribution in [1.82, 2.24) is 4.72 Å². The molecule has 0 amide bonds. The van der Waals surface area contributed by atoms with E-state index < -0.39 is 21.8 Å². The van der Waals surface area contributed by atoms with Crippen LogP contribution in [-0.2, 0) is 10.0 Å². The third-order valence-electron chi connectivity index (χ3n) is 3.03. The van der Waals surface area contributed by atoms with Crippen LogP contribution in [0.3, 0.4) is 0 Å². The molecule has 0 aromatic carbocycles. The van der Waals surface area contributed by atoms with Gasteiger partial charge in [0.25, 0.3) is 0 Å². The third-order valence-corrected chi connectivity index (χ3v) is 5.35. The van der Waals surface area contributed by atoms with E-state index in [-0.39, 0.29) is 16.1 Å². The van der Waals surface area contributed by atoms with Gasteiger partial charge in [0.05, 0.1) is 0 Å². The molecule has 0 aliphatic heterocycles. The van der Waals surface area contributed by atoms with Crippen molar-refractivity contribution >= 4 is 31.9 Å². The Morgan fingerprint density at radius 2 is 2.25 bits per heavy atom. The Hall–Kier alpha value is -1.12. The Kier molecular flexibility index (Phi) is 4.66. The van der Waals surface area contributed by atoms with Crippen molar-refractivity contribution < 1.29 is 22.7 Å². The minimum absolute atomic E-state index is 0.109. The van der Waals surface area contributed by atoms with Crippen LogP contribution in [0.25, 0.3) is 0 Å². The number of carbonyl (C=O) groups is 1. The molecule has 1 heterocycles. The number of allylic oxidation sites excluding steroid dienone is 1. The zero-order valence-corrected chi connectivity index (χ0v) is 13.0. The van der Waals surface area contributed by atoms with Crippen molar-refractivity contribution in [3.05, 3.63) is 28.1 Å². The number of nitrogens with one attached hydrogen (secondary N) is 1. The summed E-state index contributed by atoms with van der Waals surface area (Å²) in [5.74, 6) is -1.74. The smallest absolute Gasteiger partial charge is 0.371 e. The summed E-state index contributed by atoms with van der Waals surface area (Å²) in [4.78, 5) is 10.5. The molecule has 0 radical (unpaired) electrons. The monoisotopic (exact) mass is 363 g/mol. The van der Waals surface area contributed by atoms with Gasteiger partial charge < -0.3 is 9.52 Å². The van der Waals surface area contributed by atoms with Crippen molar-refractivity contribution in [2.24, 2.45) is 0 Å². The summed E-state index contributed by atoms with van der Waals surface area (Å²) in [5.41, 5.74) is 1.25. The maximum atomic E-state index is 12.0. The molecule has 1 aliphatic carbocycles. The molecule has 2 N–H and O–H groups in total. The Bertz CT molecular complexity index is 647. The lowest BCUT2D eigenvalue weighted by Gasteiger charge is -2.05. The van der Waals surface area contributed by atoms with Crippen LogP contribution in [0.15, 0.2) is 31.7 Å². The SMILES string of the molecule is O=C(O)c1cc(S(=O)(=O)NCCC2=CCCC2)c(Br)o1. The van der Waals surface area contributed by atoms with Crippen molar-refractivity contribution in [3.8, 4) is 0 Å². The fourth-order valence-corrected chi connectivity index (χ4v) is 4.00. The van der Waals surface area contributed by atoms with Gasteiger partial charge in [0, 0.05) is 12.6 Å². The van der Waals surface area contributed by atoms with Crippen LogP contribution in [-0.4, -0.2) is 26.0 Å². The number of aromatic carboxylic acids is 1. The molecule has 6 nitrogen and oxygen atoms in total. The maximum absolute atomic E-state index is 12.0. The highest BCUT2D eigenvalue weighted by atomic mass is 79.9. The number of carboxylic acids is 1. The average molecular weight is 364 g/mol. The molecular formula is C12H14BrNO5S. The highest BCUT2D eigenvalue weighted by Crippen LogP contribution is 2.26. The summed E-state index contributed by atoms with van der Waals surface area (Å²) in [5, 5.41) is 8.77. The largest absolute Gasteiger partial charge is 0.475 e. The number of halogens is 1. The van der Waals surface area contributed by atoms with Gasteiger partial charge in [-0.3, -0.25) is 0 Å². The predicted octanol–water partition coefficient (Wildman–Crippen LogP) is 2.52. The number of sulfonamides is 1. The molecule has 0 saturated carbocycles. The molecular weight excluding hydrogens is 350 g/mol. The second-order valence-corrected chi connectivity index (χ2v) is 6.91. The van der Waals surface area contributed by atoms with E-state index in [0.29, 0.717) is 6.42 Å². The second kappa shape index (κ2) is 6.11. The van der Waals surface area contributed by atoms with Crippen LogP contribution in [0, 0.1) is 0 Å². The Labute approximate surface area is 125 Å². The molecule has 0 spiro atoms. The highest BCUT2D eigenvalue weighted by Gasteiger charge is 2.24. The van der Waals surface area contributed by atoms with E-state index >= 15 is 0 Å². The molecule has 8 heteroatoms. The standard InChI is InChI=1S/C12H14BrNO5S/c13-11-10(7-9(19-11)12(15)16)20(17,18)14-6-5-8-3-1-2-4-8/h3,7,14H,1-2,4-6H2,(H,15,16). The van der Waals surface area contributed by atoms with Crippen LogP contribution < -0.4 is 4.72 Å².